The standard InChI is InChI=1S/C15H26ClN5O/c1-11(2)19-14(22)6-7-18-15(17-3)21(5)10-13-8-12(16)9-20(13)4/h8-9,11H,6-7,10H2,1-5H3,(H,17,18)(H,19,22). The van der Waals surface area contributed by atoms with Crippen molar-refractivity contribution in [3.63, 3.8) is 0 Å². The monoisotopic (exact) mass is 327 g/mol. The summed E-state index contributed by atoms with van der Waals surface area (Å²) in [5, 5.41) is 6.78. The van der Waals surface area contributed by atoms with Crippen LogP contribution in [0.3, 0.4) is 0 Å². The number of aliphatic imine (C=N–C) groups is 1. The van der Waals surface area contributed by atoms with Crippen molar-refractivity contribution in [2.75, 3.05) is 20.6 Å². The second kappa shape index (κ2) is 8.68. The Kier molecular flexibility index (Phi) is 7.24. The number of guanidine groups is 1. The van der Waals surface area contributed by atoms with Gasteiger partial charge in [0.2, 0.25) is 5.91 Å². The molecule has 1 heterocycles. The minimum Gasteiger partial charge on any atom is -0.356 e. The van der Waals surface area contributed by atoms with E-state index in [0.29, 0.717) is 19.5 Å². The molecule has 0 aliphatic rings. The number of hydrogen-bond donors (Lipinski definition) is 2. The summed E-state index contributed by atoms with van der Waals surface area (Å²) >= 11 is 5.99. The van der Waals surface area contributed by atoms with Crippen molar-refractivity contribution >= 4 is 23.5 Å². The van der Waals surface area contributed by atoms with Crippen molar-refractivity contribution in [1.29, 1.82) is 0 Å². The molecular weight excluding hydrogens is 302 g/mol. The number of rotatable bonds is 6. The minimum absolute atomic E-state index is 0.0369. The Morgan fingerprint density at radius 1 is 1.50 bits per heavy atom. The fourth-order valence-electron chi connectivity index (χ4n) is 2.11. The van der Waals surface area contributed by atoms with Crippen LogP contribution in [-0.4, -0.2) is 48.0 Å². The van der Waals surface area contributed by atoms with E-state index in [1.54, 1.807) is 7.05 Å². The van der Waals surface area contributed by atoms with Crippen LogP contribution < -0.4 is 10.6 Å². The molecule has 22 heavy (non-hydrogen) atoms. The van der Waals surface area contributed by atoms with E-state index in [2.05, 4.69) is 15.6 Å². The highest BCUT2D eigenvalue weighted by Crippen LogP contribution is 2.14. The highest BCUT2D eigenvalue weighted by molar-refractivity contribution is 6.30. The molecule has 0 bridgehead atoms. The van der Waals surface area contributed by atoms with Gasteiger partial charge in [0.1, 0.15) is 0 Å². The van der Waals surface area contributed by atoms with Crippen LogP contribution in [0.15, 0.2) is 17.3 Å². The van der Waals surface area contributed by atoms with Crippen LogP contribution in [0.4, 0.5) is 0 Å². The van der Waals surface area contributed by atoms with Crippen LogP contribution in [0, 0.1) is 0 Å². The van der Waals surface area contributed by atoms with Crippen molar-refractivity contribution in [2.24, 2.45) is 12.0 Å². The number of aromatic nitrogens is 1. The number of halogens is 1. The maximum absolute atomic E-state index is 11.6. The van der Waals surface area contributed by atoms with Gasteiger partial charge in [-0.1, -0.05) is 11.6 Å². The molecule has 0 aliphatic heterocycles. The first-order valence-electron chi connectivity index (χ1n) is 7.35. The van der Waals surface area contributed by atoms with E-state index >= 15 is 0 Å². The number of hydrogen-bond acceptors (Lipinski definition) is 2. The maximum Gasteiger partial charge on any atom is 0.221 e. The Morgan fingerprint density at radius 2 is 2.18 bits per heavy atom. The van der Waals surface area contributed by atoms with Crippen molar-refractivity contribution in [1.82, 2.24) is 20.1 Å². The topological polar surface area (TPSA) is 61.7 Å². The molecule has 6 nitrogen and oxygen atoms in total. The number of carbonyl (C=O) groups excluding carboxylic acids is 1. The van der Waals surface area contributed by atoms with Gasteiger partial charge >= 0.3 is 0 Å². The smallest absolute Gasteiger partial charge is 0.221 e. The summed E-state index contributed by atoms with van der Waals surface area (Å²) < 4.78 is 1.99. The Labute approximate surface area is 137 Å². The number of nitrogens with zero attached hydrogens (tertiary/aromatic N) is 3. The van der Waals surface area contributed by atoms with Crippen LogP contribution in [0.25, 0.3) is 0 Å². The average Bonchev–Trinajstić information content (AvgIpc) is 2.72. The molecule has 7 heteroatoms. The summed E-state index contributed by atoms with van der Waals surface area (Å²) in [4.78, 5) is 17.8. The summed E-state index contributed by atoms with van der Waals surface area (Å²) in [5.41, 5.74) is 1.09. The molecule has 1 aromatic heterocycles. The summed E-state index contributed by atoms with van der Waals surface area (Å²) in [6, 6.07) is 2.10. The van der Waals surface area contributed by atoms with Crippen molar-refractivity contribution in [3.8, 4) is 0 Å². The number of aryl methyl sites for hydroxylation is 1. The summed E-state index contributed by atoms with van der Waals surface area (Å²) in [7, 11) is 5.64. The normalized spacial score (nSPS) is 11.7. The molecule has 124 valence electrons. The van der Waals surface area contributed by atoms with E-state index < -0.39 is 0 Å². The molecule has 2 N–H and O–H groups in total. The largest absolute Gasteiger partial charge is 0.356 e. The SMILES string of the molecule is CN=C(NCCC(=O)NC(C)C)N(C)Cc1cc(Cl)cn1C. The summed E-state index contributed by atoms with van der Waals surface area (Å²) in [5.74, 6) is 0.782. The number of carbonyl (C=O) groups is 1. The first kappa shape index (κ1) is 18.4. The summed E-state index contributed by atoms with van der Waals surface area (Å²) in [6.07, 6.45) is 2.29. The highest BCUT2D eigenvalue weighted by atomic mass is 35.5. The third kappa shape index (κ3) is 5.97. The molecule has 0 saturated carbocycles. The van der Waals surface area contributed by atoms with Gasteiger partial charge in [-0.2, -0.15) is 0 Å². The molecule has 0 atom stereocenters. The number of amides is 1. The maximum atomic E-state index is 11.6. The Balaban J connectivity index is 2.47. The highest BCUT2D eigenvalue weighted by Gasteiger charge is 2.10. The molecule has 0 spiro atoms. The van der Waals surface area contributed by atoms with Crippen LogP contribution in [0.1, 0.15) is 26.0 Å². The Hall–Kier alpha value is -1.69. The van der Waals surface area contributed by atoms with E-state index in [1.807, 2.05) is 49.7 Å². The lowest BCUT2D eigenvalue weighted by atomic mass is 10.3. The Morgan fingerprint density at radius 3 is 2.68 bits per heavy atom. The lowest BCUT2D eigenvalue weighted by Gasteiger charge is -2.22. The molecule has 1 amide bonds. The van der Waals surface area contributed by atoms with Crippen LogP contribution in [0.2, 0.25) is 5.02 Å². The van der Waals surface area contributed by atoms with Gasteiger partial charge in [-0.3, -0.25) is 9.79 Å². The van der Waals surface area contributed by atoms with Gasteiger partial charge in [-0.25, -0.2) is 0 Å². The van der Waals surface area contributed by atoms with E-state index in [9.17, 15) is 4.79 Å². The molecule has 1 aromatic rings. The van der Waals surface area contributed by atoms with Crippen LogP contribution >= 0.6 is 11.6 Å². The van der Waals surface area contributed by atoms with Crippen molar-refractivity contribution < 1.29 is 4.79 Å². The molecule has 0 unspecified atom stereocenters. The van der Waals surface area contributed by atoms with Gasteiger partial charge in [0.05, 0.1) is 11.6 Å². The first-order chi connectivity index (χ1) is 10.3. The van der Waals surface area contributed by atoms with E-state index in [4.69, 9.17) is 11.6 Å². The van der Waals surface area contributed by atoms with Crippen molar-refractivity contribution in [2.45, 2.75) is 32.9 Å². The van der Waals surface area contributed by atoms with Gasteiger partial charge in [-0.15, -0.1) is 0 Å². The van der Waals surface area contributed by atoms with E-state index in [-0.39, 0.29) is 11.9 Å². The van der Waals surface area contributed by atoms with Gasteiger partial charge in [-0.05, 0) is 19.9 Å². The molecule has 0 fully saturated rings. The second-order valence-corrected chi connectivity index (χ2v) is 6.00. The zero-order chi connectivity index (χ0) is 16.7. The van der Waals surface area contributed by atoms with E-state index in [0.717, 1.165) is 16.7 Å². The van der Waals surface area contributed by atoms with E-state index in [1.165, 1.54) is 0 Å². The summed E-state index contributed by atoms with van der Waals surface area (Å²) in [6.45, 7) is 5.12. The Bertz CT molecular complexity index is 524. The molecular formula is C15H26ClN5O. The molecule has 0 aromatic carbocycles. The quantitative estimate of drug-likeness (QED) is 0.616. The third-order valence-corrected chi connectivity index (χ3v) is 3.34. The molecule has 0 saturated heterocycles. The zero-order valence-electron chi connectivity index (χ0n) is 14.0. The fourth-order valence-corrected chi connectivity index (χ4v) is 2.38. The van der Waals surface area contributed by atoms with Crippen LogP contribution in [-0.2, 0) is 18.4 Å². The predicted molar refractivity (Wildman–Crippen MR) is 91.1 cm³/mol. The zero-order valence-corrected chi connectivity index (χ0v) is 14.7. The lowest BCUT2D eigenvalue weighted by molar-refractivity contribution is -0.121. The third-order valence-electron chi connectivity index (χ3n) is 3.13. The van der Waals surface area contributed by atoms with Gasteiger partial charge in [0.15, 0.2) is 5.96 Å². The van der Waals surface area contributed by atoms with Crippen LogP contribution in [0.5, 0.6) is 0 Å². The second-order valence-electron chi connectivity index (χ2n) is 5.56. The molecule has 0 aliphatic carbocycles. The minimum atomic E-state index is 0.0369. The van der Waals surface area contributed by atoms with Crippen molar-refractivity contribution in [3.05, 3.63) is 23.0 Å². The fraction of sp³-hybridized carbons (Fsp3) is 0.600. The first-order valence-corrected chi connectivity index (χ1v) is 7.73. The predicted octanol–water partition coefficient (Wildman–Crippen LogP) is 1.60. The number of nitrogens with one attached hydrogen (secondary N) is 2. The van der Waals surface area contributed by atoms with Gasteiger partial charge in [0, 0.05) is 52.0 Å². The molecule has 1 rings (SSSR count). The van der Waals surface area contributed by atoms with Gasteiger partial charge in [0.25, 0.3) is 0 Å². The lowest BCUT2D eigenvalue weighted by Crippen LogP contribution is -2.41. The molecule has 0 radical (unpaired) electrons. The average molecular weight is 328 g/mol. The van der Waals surface area contributed by atoms with Gasteiger partial charge < -0.3 is 20.1 Å².